The van der Waals surface area contributed by atoms with Crippen LogP contribution >= 0.6 is 0 Å². The largest absolute Gasteiger partial charge is 0.327 e. The molecule has 0 aromatic heterocycles. The first-order valence-corrected chi connectivity index (χ1v) is 28.5. The van der Waals surface area contributed by atoms with Crippen molar-refractivity contribution in [1.29, 1.82) is 0 Å². The molecule has 0 aliphatic carbocycles. The highest BCUT2D eigenvalue weighted by Crippen LogP contribution is 2.17. The zero-order chi connectivity index (χ0) is 52.3. The summed E-state index contributed by atoms with van der Waals surface area (Å²) in [7, 11) is 22.7. The van der Waals surface area contributed by atoms with Gasteiger partial charge in [-0.15, -0.1) is 0 Å². The lowest BCUT2D eigenvalue weighted by molar-refractivity contribution is -0.903. The van der Waals surface area contributed by atoms with Gasteiger partial charge in [0.1, 0.15) is 26.2 Å². The summed E-state index contributed by atoms with van der Waals surface area (Å²) in [6, 6.07) is 35.6. The Hall–Kier alpha value is -3.28. The quantitative estimate of drug-likeness (QED) is 0.0361. The van der Waals surface area contributed by atoms with E-state index in [1.54, 1.807) is 0 Å². The van der Waals surface area contributed by atoms with E-state index in [1.807, 2.05) is 0 Å². The summed E-state index contributed by atoms with van der Waals surface area (Å²) in [4.78, 5) is 0. The van der Waals surface area contributed by atoms with Crippen molar-refractivity contribution in [1.82, 2.24) is 0 Å². The molecule has 0 N–H and O–H groups in total. The molecule has 0 aliphatic heterocycles. The molecule has 4 rings (SSSR count). The third-order valence-electron chi connectivity index (χ3n) is 13.3. The van der Waals surface area contributed by atoms with Crippen LogP contribution in [0.1, 0.15) is 187 Å². The van der Waals surface area contributed by atoms with E-state index < -0.39 is 0 Å². The number of unbranched alkanes of at least 4 members (excludes halogenated alkanes) is 18. The highest BCUT2D eigenvalue weighted by atomic mass is 15.3. The molecular formula is C66H116N4+4. The van der Waals surface area contributed by atoms with E-state index >= 15 is 0 Å². The Labute approximate surface area is 437 Å². The molecule has 396 valence electrons. The van der Waals surface area contributed by atoms with E-state index in [0.717, 1.165) is 44.1 Å². The zero-order valence-corrected chi connectivity index (χ0v) is 49.4. The van der Waals surface area contributed by atoms with Crippen LogP contribution in [0.15, 0.2) is 97.1 Å². The number of aryl methyl sites for hydroxylation is 4. The van der Waals surface area contributed by atoms with Gasteiger partial charge in [-0.1, -0.05) is 236 Å². The van der Waals surface area contributed by atoms with E-state index in [0.29, 0.717) is 0 Å². The van der Waals surface area contributed by atoms with Crippen molar-refractivity contribution in [3.05, 3.63) is 142 Å². The molecule has 4 nitrogen and oxygen atoms in total. The highest BCUT2D eigenvalue weighted by Gasteiger charge is 2.16. The normalized spacial score (nSPS) is 11.8. The van der Waals surface area contributed by atoms with Gasteiger partial charge in [-0.25, -0.2) is 0 Å². The molecule has 4 aromatic rings. The number of hydrogen-bond acceptors (Lipinski definition) is 0. The van der Waals surface area contributed by atoms with Crippen LogP contribution in [0.4, 0.5) is 0 Å². The first kappa shape index (κ1) is 64.7. The minimum absolute atomic E-state index is 0.989. The molecule has 4 heteroatoms. The SMILES string of the molecule is CCCCCCCCCCCC[N+](C)(C)Cc1ccc(C)cc1.CCCCCCCCCCCC[N+](C)(C)Cc1ccc(C)cc1.Cc1ccc(C[N+](C)(C)C)cc1.Cc1ccc(C[N+](C)(C)C)cc1. The maximum absolute atomic E-state index is 2.37. The maximum atomic E-state index is 2.37. The van der Waals surface area contributed by atoms with Crippen LogP contribution in [0.5, 0.6) is 0 Å². The van der Waals surface area contributed by atoms with Crippen molar-refractivity contribution < 1.29 is 17.9 Å². The number of hydrogen-bond donors (Lipinski definition) is 0. The van der Waals surface area contributed by atoms with E-state index in [1.165, 1.54) is 186 Å². The molecule has 0 saturated carbocycles. The van der Waals surface area contributed by atoms with Crippen molar-refractivity contribution in [2.75, 3.05) is 83.6 Å². The van der Waals surface area contributed by atoms with Crippen LogP contribution in [0, 0.1) is 27.7 Å². The molecule has 0 radical (unpaired) electrons. The van der Waals surface area contributed by atoms with Gasteiger partial charge in [0.05, 0.1) is 83.6 Å². The number of rotatable bonds is 30. The van der Waals surface area contributed by atoms with Gasteiger partial charge in [0, 0.05) is 22.3 Å². The summed E-state index contributed by atoms with van der Waals surface area (Å²) in [6.45, 7) is 20.2. The van der Waals surface area contributed by atoms with E-state index in [4.69, 9.17) is 0 Å². The highest BCUT2D eigenvalue weighted by molar-refractivity contribution is 5.23. The topological polar surface area (TPSA) is 0 Å². The Balaban J connectivity index is 0.000000487. The maximum Gasteiger partial charge on any atom is 0.104 e. The van der Waals surface area contributed by atoms with Crippen LogP contribution in [0.3, 0.4) is 0 Å². The average Bonchev–Trinajstić information content (AvgIpc) is 3.28. The lowest BCUT2D eigenvalue weighted by Crippen LogP contribution is -2.39. The molecule has 0 saturated heterocycles. The van der Waals surface area contributed by atoms with Crippen molar-refractivity contribution in [2.45, 2.75) is 196 Å². The Morgan fingerprint density at radius 1 is 0.243 bits per heavy atom. The van der Waals surface area contributed by atoms with Crippen molar-refractivity contribution in [3.63, 3.8) is 0 Å². The van der Waals surface area contributed by atoms with Gasteiger partial charge in [0.2, 0.25) is 0 Å². The van der Waals surface area contributed by atoms with E-state index in [9.17, 15) is 0 Å². The fourth-order valence-corrected chi connectivity index (χ4v) is 9.07. The number of nitrogens with zero attached hydrogens (tertiary/aromatic N) is 4. The molecule has 0 unspecified atom stereocenters. The second-order valence-corrected chi connectivity index (χ2v) is 24.8. The van der Waals surface area contributed by atoms with Crippen LogP contribution in [-0.2, 0) is 26.2 Å². The minimum atomic E-state index is 0.989. The van der Waals surface area contributed by atoms with Crippen LogP contribution < -0.4 is 0 Å². The molecule has 4 aromatic carbocycles. The molecule has 0 aliphatic rings. The molecular weight excluding hydrogens is 849 g/mol. The molecule has 0 heterocycles. The Morgan fingerprint density at radius 2 is 0.429 bits per heavy atom. The predicted octanol–water partition coefficient (Wildman–Crippen LogP) is 17.4. The predicted molar refractivity (Wildman–Crippen MR) is 313 cm³/mol. The van der Waals surface area contributed by atoms with Gasteiger partial charge in [-0.2, -0.15) is 0 Å². The third-order valence-corrected chi connectivity index (χ3v) is 13.3. The first-order chi connectivity index (χ1) is 33.0. The Kier molecular flexibility index (Phi) is 33.9. The smallest absolute Gasteiger partial charge is 0.104 e. The third kappa shape index (κ3) is 38.4. The summed E-state index contributed by atoms with van der Waals surface area (Å²) in [5, 5.41) is 0. The van der Waals surface area contributed by atoms with Gasteiger partial charge < -0.3 is 17.9 Å². The fourth-order valence-electron chi connectivity index (χ4n) is 9.07. The van der Waals surface area contributed by atoms with Crippen molar-refractivity contribution in [3.8, 4) is 0 Å². The summed E-state index contributed by atoms with van der Waals surface area (Å²) < 4.78 is 4.20. The Morgan fingerprint density at radius 3 is 0.629 bits per heavy atom. The van der Waals surface area contributed by atoms with Crippen LogP contribution in [-0.4, -0.2) is 101 Å². The lowest BCUT2D eigenvalue weighted by Gasteiger charge is -2.30. The zero-order valence-electron chi connectivity index (χ0n) is 49.4. The second kappa shape index (κ2) is 36.6. The molecule has 0 spiro atoms. The summed E-state index contributed by atoms with van der Waals surface area (Å²) >= 11 is 0. The standard InChI is InChI=1S/2C22H40N.2C11H18N/c2*1-5-6-7-8-9-10-11-12-13-14-19-23(3,4)20-22-17-15-21(2)16-18-22;2*1-10-5-7-11(8-6-10)9-12(2,3)4/h2*15-18H,5-14,19-20H2,1-4H3;2*5-8H,9H2,1-4H3/q4*+1. The summed E-state index contributed by atoms with van der Waals surface area (Å²) in [6.07, 6.45) is 28.5. The molecule has 0 bridgehead atoms. The van der Waals surface area contributed by atoms with E-state index in [-0.39, 0.29) is 0 Å². The van der Waals surface area contributed by atoms with E-state index in [2.05, 4.69) is 209 Å². The lowest BCUT2D eigenvalue weighted by atomic mass is 10.1. The number of quaternary nitrogens is 4. The monoisotopic (exact) mass is 965 g/mol. The average molecular weight is 966 g/mol. The van der Waals surface area contributed by atoms with Crippen LogP contribution in [0.25, 0.3) is 0 Å². The fraction of sp³-hybridized carbons (Fsp3) is 0.636. The summed E-state index contributed by atoms with van der Waals surface area (Å²) in [5.41, 5.74) is 11.1. The van der Waals surface area contributed by atoms with Gasteiger partial charge in [-0.05, 0) is 53.4 Å². The van der Waals surface area contributed by atoms with Crippen LogP contribution in [0.2, 0.25) is 0 Å². The molecule has 0 amide bonds. The Bertz CT molecular complexity index is 1670. The van der Waals surface area contributed by atoms with Crippen molar-refractivity contribution in [2.24, 2.45) is 0 Å². The molecule has 0 atom stereocenters. The van der Waals surface area contributed by atoms with Crippen molar-refractivity contribution >= 4 is 0 Å². The van der Waals surface area contributed by atoms with Gasteiger partial charge in [0.25, 0.3) is 0 Å². The van der Waals surface area contributed by atoms with Gasteiger partial charge in [0.15, 0.2) is 0 Å². The minimum Gasteiger partial charge on any atom is -0.327 e. The number of benzene rings is 4. The van der Waals surface area contributed by atoms with Gasteiger partial charge in [-0.3, -0.25) is 0 Å². The molecule has 0 fully saturated rings. The summed E-state index contributed by atoms with van der Waals surface area (Å²) in [5.74, 6) is 0. The molecule has 70 heavy (non-hydrogen) atoms. The second-order valence-electron chi connectivity index (χ2n) is 24.8. The first-order valence-electron chi connectivity index (χ1n) is 28.5. The van der Waals surface area contributed by atoms with Gasteiger partial charge >= 0.3 is 0 Å².